The molecule has 1 aliphatic rings. The Hall–Kier alpha value is -1.89. The van der Waals surface area contributed by atoms with Gasteiger partial charge in [0.25, 0.3) is 5.56 Å². The number of ether oxygens (including phenoxy) is 1. The van der Waals surface area contributed by atoms with Crippen LogP contribution in [0.3, 0.4) is 0 Å². The molecule has 0 N–H and O–H groups in total. The quantitative estimate of drug-likeness (QED) is 0.745. The van der Waals surface area contributed by atoms with Crippen molar-refractivity contribution in [1.29, 1.82) is 0 Å². The van der Waals surface area contributed by atoms with Gasteiger partial charge in [0.2, 0.25) is 0 Å². The van der Waals surface area contributed by atoms with Crippen LogP contribution in [0.4, 0.5) is 0 Å². The maximum atomic E-state index is 12.7. The van der Waals surface area contributed by atoms with E-state index >= 15 is 0 Å². The van der Waals surface area contributed by atoms with Crippen molar-refractivity contribution in [1.82, 2.24) is 18.7 Å². The van der Waals surface area contributed by atoms with E-state index < -0.39 is 0 Å². The Bertz CT molecular complexity index is 801. The van der Waals surface area contributed by atoms with Crippen molar-refractivity contribution in [2.24, 2.45) is 0 Å². The first-order valence-corrected chi connectivity index (χ1v) is 7.92. The lowest BCUT2D eigenvalue weighted by atomic mass is 10.2. The molecule has 7 nitrogen and oxygen atoms in total. The Morgan fingerprint density at radius 1 is 1.23 bits per heavy atom. The van der Waals surface area contributed by atoms with Crippen LogP contribution >= 0.6 is 0 Å². The van der Waals surface area contributed by atoms with Gasteiger partial charge in [-0.25, -0.2) is 9.78 Å². The number of nitrogens with zero attached hydrogens (tertiary/aromatic N) is 4. The molecular formula is C15H22N4O3. The highest BCUT2D eigenvalue weighted by molar-refractivity contribution is 5.70. The molecule has 0 bridgehead atoms. The van der Waals surface area contributed by atoms with E-state index in [2.05, 4.69) is 4.98 Å². The van der Waals surface area contributed by atoms with E-state index in [1.807, 2.05) is 20.8 Å². The maximum Gasteiger partial charge on any atom is 0.332 e. The fourth-order valence-corrected chi connectivity index (χ4v) is 2.94. The van der Waals surface area contributed by atoms with Gasteiger partial charge in [-0.05, 0) is 33.6 Å². The van der Waals surface area contributed by atoms with Gasteiger partial charge in [0.15, 0.2) is 11.2 Å². The highest BCUT2D eigenvalue weighted by Gasteiger charge is 2.33. The molecule has 120 valence electrons. The molecule has 1 fully saturated rings. The summed E-state index contributed by atoms with van der Waals surface area (Å²) < 4.78 is 10.1. The minimum atomic E-state index is -0.272. The Labute approximate surface area is 128 Å². The van der Waals surface area contributed by atoms with Gasteiger partial charge in [0.05, 0.1) is 18.5 Å². The van der Waals surface area contributed by atoms with E-state index in [0.29, 0.717) is 36.9 Å². The molecular weight excluding hydrogens is 284 g/mol. The number of imidazole rings is 1. The smallest absolute Gasteiger partial charge is 0.332 e. The Morgan fingerprint density at radius 3 is 2.55 bits per heavy atom. The Morgan fingerprint density at radius 2 is 1.95 bits per heavy atom. The van der Waals surface area contributed by atoms with Crippen LogP contribution in [0.2, 0.25) is 0 Å². The zero-order valence-corrected chi connectivity index (χ0v) is 13.3. The van der Waals surface area contributed by atoms with Crippen molar-refractivity contribution < 1.29 is 4.74 Å². The largest absolute Gasteiger partial charge is 0.370 e. The topological polar surface area (TPSA) is 74.3 Å². The first kappa shape index (κ1) is 15.0. The summed E-state index contributed by atoms with van der Waals surface area (Å²) in [6.45, 7) is 7.46. The van der Waals surface area contributed by atoms with E-state index in [1.54, 1.807) is 15.5 Å². The van der Waals surface area contributed by atoms with Crippen molar-refractivity contribution in [3.63, 3.8) is 0 Å². The predicted molar refractivity (Wildman–Crippen MR) is 83.2 cm³/mol. The third-order valence-electron chi connectivity index (χ3n) is 4.35. The molecule has 0 aromatic carbocycles. The molecule has 7 heteroatoms. The molecule has 0 saturated carbocycles. The molecule has 1 saturated heterocycles. The normalized spacial score (nSPS) is 20.7. The van der Waals surface area contributed by atoms with Crippen LogP contribution < -0.4 is 11.2 Å². The molecule has 0 spiro atoms. The minimum Gasteiger partial charge on any atom is -0.370 e. The van der Waals surface area contributed by atoms with E-state index in [-0.39, 0.29) is 17.4 Å². The van der Waals surface area contributed by atoms with E-state index in [9.17, 15) is 9.59 Å². The summed E-state index contributed by atoms with van der Waals surface area (Å²) in [5.74, 6) is 0. The molecule has 0 aliphatic carbocycles. The molecule has 2 aromatic heterocycles. The first-order valence-electron chi connectivity index (χ1n) is 7.92. The van der Waals surface area contributed by atoms with Crippen LogP contribution in [-0.4, -0.2) is 30.9 Å². The van der Waals surface area contributed by atoms with Crippen LogP contribution in [0.5, 0.6) is 0 Å². The summed E-state index contributed by atoms with van der Waals surface area (Å²) in [6, 6.07) is 0. The van der Waals surface area contributed by atoms with Gasteiger partial charge in [-0.15, -0.1) is 0 Å². The zero-order chi connectivity index (χ0) is 15.9. The third-order valence-corrected chi connectivity index (χ3v) is 4.35. The van der Waals surface area contributed by atoms with Crippen LogP contribution in [0.25, 0.3) is 11.2 Å². The summed E-state index contributed by atoms with van der Waals surface area (Å²) in [4.78, 5) is 29.4. The van der Waals surface area contributed by atoms with E-state index in [4.69, 9.17) is 4.74 Å². The summed E-state index contributed by atoms with van der Waals surface area (Å²) in [6.07, 6.45) is 3.87. The molecule has 1 aliphatic heterocycles. The third kappa shape index (κ3) is 2.39. The predicted octanol–water partition coefficient (Wildman–Crippen LogP) is 0.967. The fourth-order valence-electron chi connectivity index (χ4n) is 2.94. The van der Waals surface area contributed by atoms with Crippen molar-refractivity contribution in [3.05, 3.63) is 27.2 Å². The number of epoxide rings is 1. The van der Waals surface area contributed by atoms with Gasteiger partial charge in [0, 0.05) is 19.6 Å². The van der Waals surface area contributed by atoms with Crippen LogP contribution in [0, 0.1) is 0 Å². The van der Waals surface area contributed by atoms with Crippen molar-refractivity contribution in [3.8, 4) is 0 Å². The van der Waals surface area contributed by atoms with Gasteiger partial charge >= 0.3 is 5.69 Å². The van der Waals surface area contributed by atoms with Crippen molar-refractivity contribution in [2.75, 3.05) is 0 Å². The van der Waals surface area contributed by atoms with Gasteiger partial charge < -0.3 is 9.30 Å². The SMILES string of the molecule is CCn1cnc2c1c(=O)n(CCCC1OC1C)c(=O)n2CC. The molecule has 2 unspecified atom stereocenters. The molecule has 2 aromatic rings. The van der Waals surface area contributed by atoms with Gasteiger partial charge in [-0.3, -0.25) is 13.9 Å². The number of fused-ring (bicyclic) bond motifs is 1. The second kappa shape index (κ2) is 5.72. The van der Waals surface area contributed by atoms with Gasteiger partial charge in [-0.2, -0.15) is 0 Å². The Kier molecular flexibility index (Phi) is 3.90. The van der Waals surface area contributed by atoms with Gasteiger partial charge in [-0.1, -0.05) is 0 Å². The maximum absolute atomic E-state index is 12.7. The lowest BCUT2D eigenvalue weighted by Crippen LogP contribution is -2.40. The van der Waals surface area contributed by atoms with Crippen molar-refractivity contribution in [2.45, 2.75) is 65.5 Å². The summed E-state index contributed by atoms with van der Waals surface area (Å²) >= 11 is 0. The average molecular weight is 306 g/mol. The minimum absolute atomic E-state index is 0.242. The molecule has 3 rings (SSSR count). The number of hydrogen-bond acceptors (Lipinski definition) is 4. The molecule has 3 heterocycles. The van der Waals surface area contributed by atoms with Gasteiger partial charge in [0.1, 0.15) is 0 Å². The standard InChI is InChI=1S/C15H22N4O3/c1-4-17-9-16-13-12(17)14(20)19(15(21)18(13)5-2)8-6-7-11-10(3)22-11/h9-11H,4-8H2,1-3H3. The number of aromatic nitrogens is 4. The number of rotatable bonds is 6. The lowest BCUT2D eigenvalue weighted by molar-refractivity contribution is 0.362. The summed E-state index contributed by atoms with van der Waals surface area (Å²) in [5, 5.41) is 0. The fraction of sp³-hybridized carbons (Fsp3) is 0.667. The zero-order valence-electron chi connectivity index (χ0n) is 13.3. The van der Waals surface area contributed by atoms with E-state index in [0.717, 1.165) is 12.8 Å². The average Bonchev–Trinajstić information content (AvgIpc) is 3.04. The number of aryl methyl sites for hydroxylation is 2. The Balaban J connectivity index is 2.00. The second-order valence-corrected chi connectivity index (χ2v) is 5.71. The summed E-state index contributed by atoms with van der Waals surface area (Å²) in [5.41, 5.74) is 0.481. The van der Waals surface area contributed by atoms with Crippen molar-refractivity contribution >= 4 is 11.2 Å². The summed E-state index contributed by atoms with van der Waals surface area (Å²) in [7, 11) is 0. The molecule has 22 heavy (non-hydrogen) atoms. The van der Waals surface area contributed by atoms with Crippen LogP contribution in [0.15, 0.2) is 15.9 Å². The van der Waals surface area contributed by atoms with Crippen LogP contribution in [0.1, 0.15) is 33.6 Å². The molecule has 0 amide bonds. The molecule has 2 atom stereocenters. The second-order valence-electron chi connectivity index (χ2n) is 5.71. The monoisotopic (exact) mass is 306 g/mol. The van der Waals surface area contributed by atoms with Crippen LogP contribution in [-0.2, 0) is 24.4 Å². The molecule has 0 radical (unpaired) electrons. The highest BCUT2D eigenvalue weighted by atomic mass is 16.6. The first-order chi connectivity index (χ1) is 10.6. The lowest BCUT2D eigenvalue weighted by Gasteiger charge is -2.10. The number of hydrogen-bond donors (Lipinski definition) is 0. The highest BCUT2D eigenvalue weighted by Crippen LogP contribution is 2.25. The van der Waals surface area contributed by atoms with E-state index in [1.165, 1.54) is 4.57 Å².